The number of likely N-dealkylation sites (tertiary alicyclic amines) is 1. The summed E-state index contributed by atoms with van der Waals surface area (Å²) in [7, 11) is -3.06. The van der Waals surface area contributed by atoms with Gasteiger partial charge in [0, 0.05) is 37.1 Å². The van der Waals surface area contributed by atoms with Crippen molar-refractivity contribution in [1.82, 2.24) is 19.5 Å². The average Bonchev–Trinajstić information content (AvgIpc) is 3.24. The maximum absolute atomic E-state index is 15.1. The molecule has 17 heteroatoms. The highest BCUT2D eigenvalue weighted by molar-refractivity contribution is 7.89. The van der Waals surface area contributed by atoms with Gasteiger partial charge in [-0.2, -0.15) is 0 Å². The number of aromatic nitrogens is 1. The molecule has 2 heterocycles. The molecule has 0 radical (unpaired) electrons. The summed E-state index contributed by atoms with van der Waals surface area (Å²) >= 11 is 0. The van der Waals surface area contributed by atoms with E-state index in [0.29, 0.717) is 23.2 Å². The van der Waals surface area contributed by atoms with Crippen molar-refractivity contribution in [2.24, 2.45) is 0 Å². The lowest BCUT2D eigenvalue weighted by molar-refractivity contribution is -0.148. The van der Waals surface area contributed by atoms with Crippen LogP contribution in [0.2, 0.25) is 0 Å². The molecular weight excluding hydrogens is 572 g/mol. The number of rotatable bonds is 8. The molecule has 222 valence electrons. The van der Waals surface area contributed by atoms with Gasteiger partial charge in [0.25, 0.3) is 17.7 Å². The molecular formula is C23H27F6N5O5S. The van der Waals surface area contributed by atoms with Crippen LogP contribution in [-0.2, 0) is 26.2 Å². The van der Waals surface area contributed by atoms with Crippen molar-refractivity contribution in [3.8, 4) is 0 Å². The van der Waals surface area contributed by atoms with Gasteiger partial charge in [-0.05, 0) is 26.9 Å². The van der Waals surface area contributed by atoms with Crippen LogP contribution in [0.4, 0.5) is 32.0 Å². The zero-order chi connectivity index (χ0) is 30.4. The summed E-state index contributed by atoms with van der Waals surface area (Å²) in [5.41, 5.74) is -1.50. The summed E-state index contributed by atoms with van der Waals surface area (Å²) in [6, 6.07) is -1.24. The number of anilines is 1. The second kappa shape index (κ2) is 13.3. The first kappa shape index (κ1) is 32.8. The van der Waals surface area contributed by atoms with Crippen LogP contribution in [-0.4, -0.2) is 74.6 Å². The number of aryl methyl sites for hydroxylation is 1. The Kier molecular flexibility index (Phi) is 10.9. The van der Waals surface area contributed by atoms with E-state index in [1.165, 1.54) is 6.92 Å². The molecule has 1 fully saturated rings. The van der Waals surface area contributed by atoms with Crippen molar-refractivity contribution in [3.63, 3.8) is 0 Å². The summed E-state index contributed by atoms with van der Waals surface area (Å²) in [6.07, 6.45) is -0.0940. The van der Waals surface area contributed by atoms with E-state index >= 15 is 4.39 Å². The highest BCUT2D eigenvalue weighted by Gasteiger charge is 2.48. The van der Waals surface area contributed by atoms with Gasteiger partial charge in [0.1, 0.15) is 10.6 Å². The summed E-state index contributed by atoms with van der Waals surface area (Å²) < 4.78 is 112. The number of hydrogen-bond donors (Lipinski definition) is 3. The van der Waals surface area contributed by atoms with E-state index in [2.05, 4.69) is 12.2 Å². The molecule has 0 bridgehead atoms. The minimum atomic E-state index is -4.99. The van der Waals surface area contributed by atoms with Crippen LogP contribution in [0.1, 0.15) is 30.8 Å². The standard InChI is InChI=1S/C20H18F6N4O5S.C3H9N/c1-2-29-7-13(17(24)18(29)19(33)27-10-5-11(21)16(23)12(22)6-10)36(34,35)28-14-3-4-30(15(32)8-31)9-20(14,25)26;1-3-4-2/h5-8,14,28H,2-4,9H2,1H3,(H,27,33);4H,3H2,1-2H3. The van der Waals surface area contributed by atoms with Gasteiger partial charge >= 0.3 is 0 Å². The lowest BCUT2D eigenvalue weighted by Gasteiger charge is -2.37. The maximum Gasteiger partial charge on any atom is 0.286 e. The number of amides is 2. The third kappa shape index (κ3) is 7.39. The second-order valence-electron chi connectivity index (χ2n) is 8.46. The quantitative estimate of drug-likeness (QED) is 0.185. The molecule has 3 N–H and O–H groups in total. The van der Waals surface area contributed by atoms with Crippen LogP contribution in [0.5, 0.6) is 0 Å². The van der Waals surface area contributed by atoms with E-state index in [1.807, 2.05) is 12.4 Å². The lowest BCUT2D eigenvalue weighted by Crippen LogP contribution is -2.59. The zero-order valence-electron chi connectivity index (χ0n) is 21.5. The molecule has 0 spiro atoms. The van der Waals surface area contributed by atoms with Crippen LogP contribution < -0.4 is 15.4 Å². The topological polar surface area (TPSA) is 130 Å². The maximum atomic E-state index is 15.1. The molecule has 1 unspecified atom stereocenters. The van der Waals surface area contributed by atoms with Gasteiger partial charge in [0.15, 0.2) is 23.3 Å². The van der Waals surface area contributed by atoms with Gasteiger partial charge in [0.05, 0.1) is 12.6 Å². The first-order valence-electron chi connectivity index (χ1n) is 11.8. The number of nitrogens with one attached hydrogen (secondary N) is 3. The molecule has 1 saturated heterocycles. The number of carbonyl (C=O) groups excluding carboxylic acids is 3. The highest BCUT2D eigenvalue weighted by atomic mass is 32.2. The zero-order valence-corrected chi connectivity index (χ0v) is 22.4. The Morgan fingerprint density at radius 1 is 1.10 bits per heavy atom. The van der Waals surface area contributed by atoms with E-state index in [4.69, 9.17) is 0 Å². The van der Waals surface area contributed by atoms with E-state index in [9.17, 15) is 44.8 Å². The van der Waals surface area contributed by atoms with Gasteiger partial charge < -0.3 is 20.1 Å². The molecule has 1 aliphatic rings. The molecule has 1 aliphatic heterocycles. The molecule has 3 rings (SSSR count). The lowest BCUT2D eigenvalue weighted by atomic mass is 10.0. The van der Waals surface area contributed by atoms with Crippen LogP contribution in [0, 0.1) is 23.3 Å². The van der Waals surface area contributed by atoms with Crippen LogP contribution in [0.25, 0.3) is 0 Å². The molecule has 40 heavy (non-hydrogen) atoms. The predicted octanol–water partition coefficient (Wildman–Crippen LogP) is 2.26. The average molecular weight is 600 g/mol. The Bertz CT molecular complexity index is 1340. The molecule has 2 aromatic rings. The van der Waals surface area contributed by atoms with Crippen molar-refractivity contribution in [2.45, 2.75) is 43.7 Å². The smallest absolute Gasteiger partial charge is 0.286 e. The minimum absolute atomic E-state index is 0.162. The Balaban J connectivity index is 0.00000131. The first-order chi connectivity index (χ1) is 18.6. The number of halogens is 6. The normalized spacial score (nSPS) is 16.6. The Morgan fingerprint density at radius 3 is 2.15 bits per heavy atom. The van der Waals surface area contributed by atoms with Crippen molar-refractivity contribution in [3.05, 3.63) is 47.3 Å². The molecule has 10 nitrogen and oxygen atoms in total. The van der Waals surface area contributed by atoms with Gasteiger partial charge in [-0.25, -0.2) is 39.5 Å². The molecule has 1 aromatic heterocycles. The summed E-state index contributed by atoms with van der Waals surface area (Å²) in [6.45, 7) is 2.72. The summed E-state index contributed by atoms with van der Waals surface area (Å²) in [5, 5.41) is 4.85. The molecule has 1 atom stereocenters. The first-order valence-corrected chi connectivity index (χ1v) is 13.2. The van der Waals surface area contributed by atoms with E-state index in [1.54, 1.807) is 4.72 Å². The number of sulfonamides is 1. The largest absolute Gasteiger partial charge is 0.340 e. The third-order valence-corrected chi connectivity index (χ3v) is 7.19. The van der Waals surface area contributed by atoms with Crippen molar-refractivity contribution >= 4 is 33.8 Å². The number of nitrogens with zero attached hydrogens (tertiary/aromatic N) is 2. The van der Waals surface area contributed by atoms with E-state index < -0.39 is 86.3 Å². The number of benzene rings is 1. The number of piperidine rings is 1. The number of aldehydes is 1. The summed E-state index contributed by atoms with van der Waals surface area (Å²) in [4.78, 5) is 33.9. The van der Waals surface area contributed by atoms with Crippen molar-refractivity contribution < 1.29 is 49.1 Å². The molecule has 2 amide bonds. The van der Waals surface area contributed by atoms with Crippen molar-refractivity contribution in [2.75, 3.05) is 32.0 Å². The van der Waals surface area contributed by atoms with Gasteiger partial charge in [-0.3, -0.25) is 14.4 Å². The van der Waals surface area contributed by atoms with Gasteiger partial charge in [-0.1, -0.05) is 6.92 Å². The number of alkyl halides is 2. The van der Waals surface area contributed by atoms with E-state index in [0.717, 1.165) is 11.1 Å². The van der Waals surface area contributed by atoms with Crippen LogP contribution in [0.15, 0.2) is 23.2 Å². The Hall–Kier alpha value is -3.44. The Morgan fingerprint density at radius 2 is 1.68 bits per heavy atom. The third-order valence-electron chi connectivity index (χ3n) is 5.73. The number of hydrogen-bond acceptors (Lipinski definition) is 6. The fourth-order valence-corrected chi connectivity index (χ4v) is 4.98. The highest BCUT2D eigenvalue weighted by Crippen LogP contribution is 2.30. The second-order valence-corrected chi connectivity index (χ2v) is 10.1. The Labute approximate surface area is 225 Å². The number of carbonyl (C=O) groups is 3. The fourth-order valence-electron chi connectivity index (χ4n) is 3.59. The van der Waals surface area contributed by atoms with Gasteiger partial charge in [0.2, 0.25) is 16.3 Å². The molecule has 1 aromatic carbocycles. The van der Waals surface area contributed by atoms with Gasteiger partial charge in [-0.15, -0.1) is 0 Å². The van der Waals surface area contributed by atoms with Crippen LogP contribution >= 0.6 is 0 Å². The summed E-state index contributed by atoms with van der Waals surface area (Å²) in [5.74, 6) is -13.1. The predicted molar refractivity (Wildman–Crippen MR) is 130 cm³/mol. The van der Waals surface area contributed by atoms with E-state index in [-0.39, 0.29) is 19.4 Å². The SMILES string of the molecule is CCNC.CCn1cc(S(=O)(=O)NC2CCN(C(=O)C=O)CC2(F)F)c(F)c1C(=O)Nc1cc(F)c(F)c(F)c1. The van der Waals surface area contributed by atoms with Crippen LogP contribution in [0.3, 0.4) is 0 Å². The molecule has 0 saturated carbocycles. The fraction of sp³-hybridized carbons (Fsp3) is 0.435. The van der Waals surface area contributed by atoms with Crippen molar-refractivity contribution in [1.29, 1.82) is 0 Å². The minimum Gasteiger partial charge on any atom is -0.340 e. The monoisotopic (exact) mass is 599 g/mol. The molecule has 0 aliphatic carbocycles.